The highest BCUT2D eigenvalue weighted by Gasteiger charge is 2.20. The van der Waals surface area contributed by atoms with Crippen molar-refractivity contribution in [1.82, 2.24) is 4.90 Å². The van der Waals surface area contributed by atoms with Gasteiger partial charge in [-0.1, -0.05) is 0 Å². The van der Waals surface area contributed by atoms with Crippen LogP contribution >= 0.6 is 0 Å². The highest BCUT2D eigenvalue weighted by Crippen LogP contribution is 2.25. The molecule has 6 nitrogen and oxygen atoms in total. The first-order valence-corrected chi connectivity index (χ1v) is 6.67. The molecule has 0 saturated carbocycles. The molecule has 0 spiro atoms. The maximum atomic E-state index is 13.8. The number of nitro groups is 1. The molecule has 1 aliphatic heterocycles. The van der Waals surface area contributed by atoms with Gasteiger partial charge in [0.25, 0.3) is 5.69 Å². The third-order valence-corrected chi connectivity index (χ3v) is 3.26. The summed E-state index contributed by atoms with van der Waals surface area (Å²) in [5.41, 5.74) is -0.933. The first kappa shape index (κ1) is 15.6. The van der Waals surface area contributed by atoms with Gasteiger partial charge in [-0.15, -0.1) is 0 Å². The smallest absolute Gasteiger partial charge is 0.275 e. The predicted octanol–water partition coefficient (Wildman–Crippen LogP) is 2.01. The predicted molar refractivity (Wildman–Crippen MR) is 73.4 cm³/mol. The summed E-state index contributed by atoms with van der Waals surface area (Å²) in [7, 11) is 0. The van der Waals surface area contributed by atoms with Gasteiger partial charge in [0.1, 0.15) is 5.69 Å². The molecule has 0 amide bonds. The minimum absolute atomic E-state index is 0.200. The van der Waals surface area contributed by atoms with E-state index in [-0.39, 0.29) is 11.7 Å². The summed E-state index contributed by atoms with van der Waals surface area (Å²) in [5, 5.41) is 13.3. The standard InChI is InChI=1S/C13H17F2N3O3/c1-9(8-17-2-4-21-5-3-17)16-13-11(14)6-10(18(19)20)7-12(13)15/h6-7,9,16H,2-5,8H2,1H3. The van der Waals surface area contributed by atoms with E-state index in [1.807, 2.05) is 0 Å². The monoisotopic (exact) mass is 301 g/mol. The molecule has 21 heavy (non-hydrogen) atoms. The van der Waals surface area contributed by atoms with E-state index in [0.717, 1.165) is 13.1 Å². The molecule has 1 saturated heterocycles. The average Bonchev–Trinajstić information content (AvgIpc) is 2.43. The zero-order valence-electron chi connectivity index (χ0n) is 11.6. The van der Waals surface area contributed by atoms with Gasteiger partial charge in [-0.25, -0.2) is 8.78 Å². The van der Waals surface area contributed by atoms with Crippen LogP contribution in [0, 0.1) is 21.7 Å². The molecular formula is C13H17F2N3O3. The molecule has 116 valence electrons. The third kappa shape index (κ3) is 4.08. The van der Waals surface area contributed by atoms with Gasteiger partial charge < -0.3 is 10.1 Å². The first-order valence-electron chi connectivity index (χ1n) is 6.67. The zero-order chi connectivity index (χ0) is 15.4. The van der Waals surface area contributed by atoms with Crippen LogP contribution in [0.4, 0.5) is 20.2 Å². The Bertz CT molecular complexity index is 498. The number of nitrogens with zero attached hydrogens (tertiary/aromatic N) is 2. The number of rotatable bonds is 5. The van der Waals surface area contributed by atoms with E-state index in [1.54, 1.807) is 6.92 Å². The number of ether oxygens (including phenoxy) is 1. The number of nitrogens with one attached hydrogen (secondary N) is 1. The van der Waals surface area contributed by atoms with Crippen molar-refractivity contribution in [3.05, 3.63) is 33.9 Å². The number of hydrogen-bond donors (Lipinski definition) is 1. The molecule has 0 aromatic heterocycles. The van der Waals surface area contributed by atoms with E-state index < -0.39 is 22.2 Å². The van der Waals surface area contributed by atoms with Gasteiger partial charge in [0.2, 0.25) is 0 Å². The molecule has 1 aliphatic rings. The zero-order valence-corrected chi connectivity index (χ0v) is 11.6. The van der Waals surface area contributed by atoms with Crippen LogP contribution in [0.1, 0.15) is 6.92 Å². The van der Waals surface area contributed by atoms with Crippen LogP contribution in [-0.4, -0.2) is 48.7 Å². The van der Waals surface area contributed by atoms with Crippen LogP contribution in [-0.2, 0) is 4.74 Å². The van der Waals surface area contributed by atoms with Crippen LogP contribution in [0.2, 0.25) is 0 Å². The summed E-state index contributed by atoms with van der Waals surface area (Å²) in [5.74, 6) is -1.92. The van der Waals surface area contributed by atoms with E-state index in [9.17, 15) is 18.9 Å². The Kier molecular flexibility index (Phi) is 5.03. The van der Waals surface area contributed by atoms with Crippen molar-refractivity contribution in [2.24, 2.45) is 0 Å². The van der Waals surface area contributed by atoms with Gasteiger partial charge in [-0.3, -0.25) is 15.0 Å². The molecule has 1 unspecified atom stereocenters. The first-order chi connectivity index (χ1) is 9.97. The molecule has 0 radical (unpaired) electrons. The summed E-state index contributed by atoms with van der Waals surface area (Å²) in [6, 6.07) is 1.23. The fourth-order valence-corrected chi connectivity index (χ4v) is 2.27. The molecule has 1 fully saturated rings. The number of hydrogen-bond acceptors (Lipinski definition) is 5. The van der Waals surface area contributed by atoms with Crippen molar-refractivity contribution in [3.63, 3.8) is 0 Å². The highest BCUT2D eigenvalue weighted by atomic mass is 19.1. The highest BCUT2D eigenvalue weighted by molar-refractivity contribution is 5.52. The number of morpholine rings is 1. The topological polar surface area (TPSA) is 67.6 Å². The normalized spacial score (nSPS) is 17.5. The summed E-state index contributed by atoms with van der Waals surface area (Å²) < 4.78 is 32.8. The largest absolute Gasteiger partial charge is 0.379 e. The van der Waals surface area contributed by atoms with Gasteiger partial charge in [0.05, 0.1) is 30.3 Å². The molecular weight excluding hydrogens is 284 g/mol. The number of nitro benzene ring substituents is 1. The Morgan fingerprint density at radius 1 is 1.38 bits per heavy atom. The minimum atomic E-state index is -0.962. The molecule has 1 aromatic carbocycles. The summed E-state index contributed by atoms with van der Waals surface area (Å²) in [6.45, 7) is 5.25. The lowest BCUT2D eigenvalue weighted by Crippen LogP contribution is -2.42. The molecule has 8 heteroatoms. The molecule has 1 N–H and O–H groups in total. The second-order valence-electron chi connectivity index (χ2n) is 5.00. The van der Waals surface area contributed by atoms with Crippen molar-refractivity contribution in [2.45, 2.75) is 13.0 Å². The summed E-state index contributed by atoms with van der Waals surface area (Å²) in [6.07, 6.45) is 0. The van der Waals surface area contributed by atoms with Crippen molar-refractivity contribution in [1.29, 1.82) is 0 Å². The van der Waals surface area contributed by atoms with Crippen molar-refractivity contribution < 1.29 is 18.4 Å². The summed E-state index contributed by atoms with van der Waals surface area (Å²) in [4.78, 5) is 11.8. The Hall–Kier alpha value is -1.80. The quantitative estimate of drug-likeness (QED) is 0.665. The molecule has 1 aromatic rings. The Labute approximate surface area is 120 Å². The maximum absolute atomic E-state index is 13.8. The van der Waals surface area contributed by atoms with Crippen molar-refractivity contribution in [3.8, 4) is 0 Å². The van der Waals surface area contributed by atoms with Gasteiger partial charge in [-0.2, -0.15) is 0 Å². The van der Waals surface area contributed by atoms with Crippen LogP contribution in [0.3, 0.4) is 0 Å². The molecule has 1 atom stereocenters. The van der Waals surface area contributed by atoms with E-state index in [4.69, 9.17) is 4.74 Å². The second kappa shape index (κ2) is 6.77. The van der Waals surface area contributed by atoms with E-state index in [1.165, 1.54) is 0 Å². The van der Waals surface area contributed by atoms with Crippen molar-refractivity contribution in [2.75, 3.05) is 38.2 Å². The van der Waals surface area contributed by atoms with E-state index in [0.29, 0.717) is 31.9 Å². The number of halogens is 2. The van der Waals surface area contributed by atoms with Crippen LogP contribution < -0.4 is 5.32 Å². The SMILES string of the molecule is CC(CN1CCOCC1)Nc1c(F)cc([N+](=O)[O-])cc1F. The minimum Gasteiger partial charge on any atom is -0.379 e. The van der Waals surface area contributed by atoms with Crippen molar-refractivity contribution >= 4 is 11.4 Å². The number of benzene rings is 1. The van der Waals surface area contributed by atoms with Crippen LogP contribution in [0.5, 0.6) is 0 Å². The Morgan fingerprint density at radius 2 is 1.95 bits per heavy atom. The fourth-order valence-electron chi connectivity index (χ4n) is 2.27. The third-order valence-electron chi connectivity index (χ3n) is 3.26. The number of anilines is 1. The average molecular weight is 301 g/mol. The molecule has 2 rings (SSSR count). The van der Waals surface area contributed by atoms with Crippen LogP contribution in [0.15, 0.2) is 12.1 Å². The van der Waals surface area contributed by atoms with Gasteiger partial charge in [0, 0.05) is 25.7 Å². The molecule has 1 heterocycles. The molecule has 0 aliphatic carbocycles. The van der Waals surface area contributed by atoms with E-state index >= 15 is 0 Å². The fraction of sp³-hybridized carbons (Fsp3) is 0.538. The Morgan fingerprint density at radius 3 is 2.48 bits per heavy atom. The lowest BCUT2D eigenvalue weighted by Gasteiger charge is -2.29. The lowest BCUT2D eigenvalue weighted by atomic mass is 10.2. The second-order valence-corrected chi connectivity index (χ2v) is 5.00. The van der Waals surface area contributed by atoms with E-state index in [2.05, 4.69) is 10.2 Å². The van der Waals surface area contributed by atoms with Gasteiger partial charge in [0.15, 0.2) is 11.6 Å². The number of non-ortho nitro benzene ring substituents is 1. The van der Waals surface area contributed by atoms with Gasteiger partial charge >= 0.3 is 0 Å². The maximum Gasteiger partial charge on any atom is 0.275 e. The summed E-state index contributed by atoms with van der Waals surface area (Å²) >= 11 is 0. The molecule has 0 bridgehead atoms. The Balaban J connectivity index is 2.03. The van der Waals surface area contributed by atoms with Crippen LogP contribution in [0.25, 0.3) is 0 Å². The lowest BCUT2D eigenvalue weighted by molar-refractivity contribution is -0.385. The van der Waals surface area contributed by atoms with Gasteiger partial charge in [-0.05, 0) is 6.92 Å².